The average Bonchev–Trinajstić information content (AvgIpc) is 1.88. The second-order valence-corrected chi connectivity index (χ2v) is 3.40. The van der Waals surface area contributed by atoms with Gasteiger partial charge >= 0.3 is 0 Å². The van der Waals surface area contributed by atoms with Crippen LogP contribution >= 0.6 is 0 Å². The standard InChI is InChI=1S/C9H20N2/c1-7(2)9(10-4)8(3)11(5)6/h7,9-10H,3H2,1-2,4-6H3/t9-/m1/s1. The van der Waals surface area contributed by atoms with E-state index in [4.69, 9.17) is 0 Å². The lowest BCUT2D eigenvalue weighted by Crippen LogP contribution is -2.37. The Morgan fingerprint density at radius 2 is 1.82 bits per heavy atom. The molecule has 0 aromatic carbocycles. The number of rotatable bonds is 4. The minimum Gasteiger partial charge on any atom is -0.380 e. The summed E-state index contributed by atoms with van der Waals surface area (Å²) in [5, 5.41) is 3.24. The third-order valence-corrected chi connectivity index (χ3v) is 1.91. The van der Waals surface area contributed by atoms with Gasteiger partial charge in [0.05, 0.1) is 0 Å². The molecule has 0 saturated carbocycles. The molecule has 0 bridgehead atoms. The van der Waals surface area contributed by atoms with Gasteiger partial charge in [0.25, 0.3) is 0 Å². The van der Waals surface area contributed by atoms with Crippen LogP contribution in [0, 0.1) is 5.92 Å². The summed E-state index contributed by atoms with van der Waals surface area (Å²) in [6, 6.07) is 0.394. The molecule has 0 unspecified atom stereocenters. The van der Waals surface area contributed by atoms with Crippen LogP contribution in [0.25, 0.3) is 0 Å². The summed E-state index contributed by atoms with van der Waals surface area (Å²) in [6.45, 7) is 8.39. The van der Waals surface area contributed by atoms with Crippen LogP contribution in [0.3, 0.4) is 0 Å². The van der Waals surface area contributed by atoms with Gasteiger partial charge < -0.3 is 10.2 Å². The van der Waals surface area contributed by atoms with Gasteiger partial charge in [-0.1, -0.05) is 20.4 Å². The van der Waals surface area contributed by atoms with Gasteiger partial charge in [-0.25, -0.2) is 0 Å². The van der Waals surface area contributed by atoms with Crippen LogP contribution < -0.4 is 5.32 Å². The van der Waals surface area contributed by atoms with Crippen LogP contribution in [0.1, 0.15) is 13.8 Å². The Morgan fingerprint density at radius 3 is 1.91 bits per heavy atom. The number of hydrogen-bond donors (Lipinski definition) is 1. The molecule has 1 atom stereocenters. The smallest absolute Gasteiger partial charge is 0.0486 e. The van der Waals surface area contributed by atoms with Gasteiger partial charge in [-0.15, -0.1) is 0 Å². The van der Waals surface area contributed by atoms with Crippen molar-refractivity contribution in [3.8, 4) is 0 Å². The summed E-state index contributed by atoms with van der Waals surface area (Å²) in [7, 11) is 6.02. The summed E-state index contributed by atoms with van der Waals surface area (Å²) < 4.78 is 0. The van der Waals surface area contributed by atoms with Crippen LogP contribution in [0.2, 0.25) is 0 Å². The van der Waals surface area contributed by atoms with E-state index in [0.29, 0.717) is 12.0 Å². The maximum atomic E-state index is 4.01. The molecule has 2 heteroatoms. The van der Waals surface area contributed by atoms with E-state index in [1.165, 1.54) is 0 Å². The zero-order valence-electron chi connectivity index (χ0n) is 8.31. The van der Waals surface area contributed by atoms with E-state index < -0.39 is 0 Å². The van der Waals surface area contributed by atoms with E-state index in [0.717, 1.165) is 5.70 Å². The first-order valence-electron chi connectivity index (χ1n) is 4.04. The highest BCUT2D eigenvalue weighted by molar-refractivity contribution is 5.03. The lowest BCUT2D eigenvalue weighted by Gasteiger charge is -2.27. The summed E-state index contributed by atoms with van der Waals surface area (Å²) in [4.78, 5) is 2.06. The Bertz CT molecular complexity index is 128. The van der Waals surface area contributed by atoms with E-state index in [1.807, 2.05) is 21.1 Å². The maximum Gasteiger partial charge on any atom is 0.0486 e. The summed E-state index contributed by atoms with van der Waals surface area (Å²) in [5.74, 6) is 0.592. The highest BCUT2D eigenvalue weighted by Gasteiger charge is 2.15. The van der Waals surface area contributed by atoms with Crippen LogP contribution in [0.15, 0.2) is 12.3 Å². The zero-order chi connectivity index (χ0) is 9.02. The molecule has 0 aromatic rings. The van der Waals surface area contributed by atoms with Gasteiger partial charge in [0.15, 0.2) is 0 Å². The van der Waals surface area contributed by atoms with Crippen LogP contribution in [-0.4, -0.2) is 32.1 Å². The van der Waals surface area contributed by atoms with Crippen molar-refractivity contribution >= 4 is 0 Å². The molecular formula is C9H20N2. The molecule has 0 rings (SSSR count). The van der Waals surface area contributed by atoms with Crippen molar-refractivity contribution < 1.29 is 0 Å². The van der Waals surface area contributed by atoms with E-state index in [-0.39, 0.29) is 0 Å². The predicted molar refractivity (Wildman–Crippen MR) is 50.5 cm³/mol. The van der Waals surface area contributed by atoms with Crippen LogP contribution in [-0.2, 0) is 0 Å². The van der Waals surface area contributed by atoms with Crippen molar-refractivity contribution in [3.05, 3.63) is 12.3 Å². The SMILES string of the molecule is C=C([C@H](NC)C(C)C)N(C)C. The van der Waals surface area contributed by atoms with Crippen molar-refractivity contribution in [2.75, 3.05) is 21.1 Å². The Morgan fingerprint density at radius 1 is 1.36 bits per heavy atom. The molecule has 0 spiro atoms. The molecule has 0 aliphatic rings. The summed E-state index contributed by atoms with van der Waals surface area (Å²) in [6.07, 6.45) is 0. The Balaban J connectivity index is 4.15. The monoisotopic (exact) mass is 156 g/mol. The molecule has 1 N–H and O–H groups in total. The second kappa shape index (κ2) is 4.39. The fraction of sp³-hybridized carbons (Fsp3) is 0.778. The molecule has 0 aliphatic carbocycles. The van der Waals surface area contributed by atoms with Crippen LogP contribution in [0.4, 0.5) is 0 Å². The molecule has 66 valence electrons. The van der Waals surface area contributed by atoms with Crippen molar-refractivity contribution in [2.45, 2.75) is 19.9 Å². The lowest BCUT2D eigenvalue weighted by atomic mass is 10.0. The van der Waals surface area contributed by atoms with E-state index in [1.54, 1.807) is 0 Å². The molecule has 0 heterocycles. The van der Waals surface area contributed by atoms with Gasteiger partial charge in [0, 0.05) is 25.8 Å². The fourth-order valence-corrected chi connectivity index (χ4v) is 1.16. The van der Waals surface area contributed by atoms with Gasteiger partial charge in [-0.2, -0.15) is 0 Å². The Kier molecular flexibility index (Phi) is 4.19. The van der Waals surface area contributed by atoms with Gasteiger partial charge in [0.2, 0.25) is 0 Å². The molecule has 0 saturated heterocycles. The number of nitrogens with zero attached hydrogens (tertiary/aromatic N) is 1. The van der Waals surface area contributed by atoms with E-state index in [2.05, 4.69) is 30.6 Å². The highest BCUT2D eigenvalue weighted by Crippen LogP contribution is 2.11. The third-order valence-electron chi connectivity index (χ3n) is 1.91. The van der Waals surface area contributed by atoms with Crippen LogP contribution in [0.5, 0.6) is 0 Å². The first-order valence-corrected chi connectivity index (χ1v) is 4.04. The van der Waals surface area contributed by atoms with Crippen molar-refractivity contribution in [2.24, 2.45) is 5.92 Å². The first-order chi connectivity index (χ1) is 5.00. The molecule has 0 radical (unpaired) electrons. The molecule has 0 aromatic heterocycles. The van der Waals surface area contributed by atoms with E-state index in [9.17, 15) is 0 Å². The molecule has 11 heavy (non-hydrogen) atoms. The number of likely N-dealkylation sites (N-methyl/N-ethyl adjacent to an activating group) is 2. The third kappa shape index (κ3) is 2.93. The average molecular weight is 156 g/mol. The van der Waals surface area contributed by atoms with Crippen molar-refractivity contribution in [1.29, 1.82) is 0 Å². The van der Waals surface area contributed by atoms with Crippen molar-refractivity contribution in [3.63, 3.8) is 0 Å². The normalized spacial score (nSPS) is 13.3. The minimum atomic E-state index is 0.394. The lowest BCUT2D eigenvalue weighted by molar-refractivity contribution is 0.378. The molecule has 0 aliphatic heterocycles. The number of hydrogen-bond acceptors (Lipinski definition) is 2. The molecule has 2 nitrogen and oxygen atoms in total. The molecule has 0 amide bonds. The Labute approximate surface area is 70.3 Å². The van der Waals surface area contributed by atoms with Gasteiger partial charge in [-0.05, 0) is 13.0 Å². The first kappa shape index (κ1) is 10.5. The number of nitrogens with one attached hydrogen (secondary N) is 1. The molecule has 0 fully saturated rings. The maximum absolute atomic E-state index is 4.01. The summed E-state index contributed by atoms with van der Waals surface area (Å²) in [5.41, 5.74) is 1.14. The fourth-order valence-electron chi connectivity index (χ4n) is 1.16. The highest BCUT2D eigenvalue weighted by atomic mass is 15.1. The quantitative estimate of drug-likeness (QED) is 0.660. The topological polar surface area (TPSA) is 15.3 Å². The van der Waals surface area contributed by atoms with Gasteiger partial charge in [-0.3, -0.25) is 0 Å². The largest absolute Gasteiger partial charge is 0.380 e. The summed E-state index contributed by atoms with van der Waals surface area (Å²) >= 11 is 0. The minimum absolute atomic E-state index is 0.394. The predicted octanol–water partition coefficient (Wildman–Crippen LogP) is 1.31. The van der Waals surface area contributed by atoms with Crippen molar-refractivity contribution in [1.82, 2.24) is 10.2 Å². The van der Waals surface area contributed by atoms with E-state index >= 15 is 0 Å². The Hall–Kier alpha value is -0.500. The van der Waals surface area contributed by atoms with Gasteiger partial charge in [0.1, 0.15) is 0 Å². The second-order valence-electron chi connectivity index (χ2n) is 3.40. The zero-order valence-corrected chi connectivity index (χ0v) is 8.31. The molecular weight excluding hydrogens is 136 g/mol.